The predicted molar refractivity (Wildman–Crippen MR) is 53.1 cm³/mol. The molecule has 11 heavy (non-hydrogen) atoms. The van der Waals surface area contributed by atoms with Crippen LogP contribution in [0.3, 0.4) is 0 Å². The van der Waals surface area contributed by atoms with E-state index in [1.54, 1.807) is 0 Å². The number of hydrogen-bond acceptors (Lipinski definition) is 1. The molecule has 1 nitrogen and oxygen atoms in total. The van der Waals surface area contributed by atoms with Crippen molar-refractivity contribution in [2.45, 2.75) is 5.33 Å². The van der Waals surface area contributed by atoms with E-state index in [1.807, 2.05) is 18.2 Å². The fourth-order valence-electron chi connectivity index (χ4n) is 0.786. The molecule has 0 N–H and O–H groups in total. The summed E-state index contributed by atoms with van der Waals surface area (Å²) in [7, 11) is 2.61. The van der Waals surface area contributed by atoms with E-state index in [-0.39, 0.29) is 0 Å². The molecule has 0 fully saturated rings. The molecule has 0 spiro atoms. The third-order valence-electron chi connectivity index (χ3n) is 1.42. The van der Waals surface area contributed by atoms with Crippen LogP contribution in [0.15, 0.2) is 18.2 Å². The Labute approximate surface area is 76.8 Å². The average Bonchev–Trinajstić information content (AvgIpc) is 2.04. The van der Waals surface area contributed by atoms with Gasteiger partial charge in [-0.05, 0) is 23.0 Å². The Bertz CT molecular complexity index is 303. The third kappa shape index (κ3) is 2.02. The Kier molecular flexibility index (Phi) is 3.05. The second-order valence-corrected chi connectivity index (χ2v) is 3.34. The highest BCUT2D eigenvalue weighted by atomic mass is 79.9. The van der Waals surface area contributed by atoms with Crippen LogP contribution in [0, 0.1) is 11.3 Å². The summed E-state index contributed by atoms with van der Waals surface area (Å²) in [6.07, 6.45) is 0. The van der Waals surface area contributed by atoms with Crippen molar-refractivity contribution in [1.82, 2.24) is 0 Å². The molecule has 0 saturated heterocycles. The summed E-state index contributed by atoms with van der Waals surface area (Å²) in [6, 6.07) is 7.73. The lowest BCUT2D eigenvalue weighted by Crippen LogP contribution is -1.99. The Balaban J connectivity index is 3.12. The highest BCUT2D eigenvalue weighted by Gasteiger charge is 1.96. The summed E-state index contributed by atoms with van der Waals surface area (Å²) in [5, 5.41) is 10.5. The number of alkyl halides is 1. The van der Waals surface area contributed by atoms with Gasteiger partial charge in [0.15, 0.2) is 0 Å². The first-order valence-corrected chi connectivity index (χ1v) is 4.82. The van der Waals surface area contributed by atoms with Gasteiger partial charge in [0.1, 0.15) is 0 Å². The van der Waals surface area contributed by atoms with Crippen LogP contribution in [-0.2, 0) is 5.33 Å². The summed E-state index contributed by atoms with van der Waals surface area (Å²) in [5.74, 6) is 0. The zero-order valence-corrected chi connectivity index (χ0v) is 8.58. The molecule has 0 bridgehead atoms. The van der Waals surface area contributed by atoms with E-state index in [0.717, 1.165) is 10.6 Å². The number of hydrogen-bond donors (Lipinski definition) is 0. The maximum Gasteiger partial charge on any atom is 0.0991 e. The topological polar surface area (TPSA) is 23.8 Å². The van der Waals surface area contributed by atoms with E-state index < -0.39 is 0 Å². The highest BCUT2D eigenvalue weighted by Crippen LogP contribution is 2.07. The van der Waals surface area contributed by atoms with Gasteiger partial charge in [-0.1, -0.05) is 22.0 Å². The van der Waals surface area contributed by atoms with Crippen LogP contribution in [0.5, 0.6) is 0 Å². The van der Waals surface area contributed by atoms with Gasteiger partial charge in [0, 0.05) is 5.33 Å². The largest absolute Gasteiger partial charge is 0.192 e. The van der Waals surface area contributed by atoms with Crippen LogP contribution in [0.1, 0.15) is 11.1 Å². The molecule has 0 aromatic heterocycles. The number of rotatable bonds is 1. The summed E-state index contributed by atoms with van der Waals surface area (Å²) in [6.45, 7) is 0. The van der Waals surface area contributed by atoms with Gasteiger partial charge in [0.05, 0.1) is 11.6 Å². The van der Waals surface area contributed by atoms with Crippen molar-refractivity contribution >= 4 is 30.5 Å². The lowest BCUT2D eigenvalue weighted by molar-refractivity contribution is 1.44. The molecule has 0 aliphatic carbocycles. The molecule has 56 valence electrons. The molecule has 3 heteroatoms. The summed E-state index contributed by atoms with van der Waals surface area (Å²) >= 11 is 3.36. The average molecular weight is 228 g/mol. The Morgan fingerprint density at radius 2 is 2.27 bits per heavy atom. The van der Waals surface area contributed by atoms with Gasteiger partial charge in [-0.3, -0.25) is 0 Å². The third-order valence-corrected chi connectivity index (χ3v) is 2.56. The quantitative estimate of drug-likeness (QED) is 0.532. The molecule has 0 saturated carbocycles. The standard InChI is InChI=1S/C8H7BrNP/c9-4-7-2-1-6(5-10)3-8(7)11/h1-3H,4,11H2. The monoisotopic (exact) mass is 227 g/mol. The molecular weight excluding hydrogens is 221 g/mol. The van der Waals surface area contributed by atoms with Crippen molar-refractivity contribution in [3.05, 3.63) is 29.3 Å². The smallest absolute Gasteiger partial charge is 0.0991 e. The van der Waals surface area contributed by atoms with Crippen molar-refractivity contribution in [1.29, 1.82) is 5.26 Å². The van der Waals surface area contributed by atoms with E-state index >= 15 is 0 Å². The molecule has 1 aromatic carbocycles. The first-order chi connectivity index (χ1) is 5.27. The van der Waals surface area contributed by atoms with Crippen LogP contribution in [0.2, 0.25) is 0 Å². The number of benzene rings is 1. The van der Waals surface area contributed by atoms with E-state index in [1.165, 1.54) is 5.56 Å². The lowest BCUT2D eigenvalue weighted by Gasteiger charge is -1.99. The zero-order valence-electron chi connectivity index (χ0n) is 5.84. The lowest BCUT2D eigenvalue weighted by atomic mass is 10.2. The van der Waals surface area contributed by atoms with Crippen LogP contribution in [-0.4, -0.2) is 0 Å². The van der Waals surface area contributed by atoms with Gasteiger partial charge in [0.2, 0.25) is 0 Å². The predicted octanol–water partition coefficient (Wildman–Crippen LogP) is 1.95. The van der Waals surface area contributed by atoms with Gasteiger partial charge < -0.3 is 0 Å². The molecular formula is C8H7BrNP. The fraction of sp³-hybridized carbons (Fsp3) is 0.125. The van der Waals surface area contributed by atoms with Crippen LogP contribution in [0.4, 0.5) is 0 Å². The van der Waals surface area contributed by atoms with Crippen molar-refractivity contribution < 1.29 is 0 Å². The number of halogens is 1. The molecule has 0 aliphatic rings. The van der Waals surface area contributed by atoms with E-state index in [4.69, 9.17) is 5.26 Å². The normalized spacial score (nSPS) is 9.18. The summed E-state index contributed by atoms with van der Waals surface area (Å²) < 4.78 is 0. The SMILES string of the molecule is N#Cc1ccc(CBr)c(P)c1. The molecule has 0 amide bonds. The minimum absolute atomic E-state index is 0.708. The second-order valence-electron chi connectivity index (χ2n) is 2.16. The van der Waals surface area contributed by atoms with Crippen molar-refractivity contribution in [3.8, 4) is 6.07 Å². The van der Waals surface area contributed by atoms with Crippen LogP contribution >= 0.6 is 25.2 Å². The van der Waals surface area contributed by atoms with Gasteiger partial charge in [-0.15, -0.1) is 9.24 Å². The molecule has 0 heterocycles. The minimum atomic E-state index is 0.708. The molecule has 1 aromatic rings. The summed E-state index contributed by atoms with van der Waals surface area (Å²) in [5.41, 5.74) is 1.91. The van der Waals surface area contributed by atoms with Gasteiger partial charge in [0.25, 0.3) is 0 Å². The van der Waals surface area contributed by atoms with Crippen molar-refractivity contribution in [2.24, 2.45) is 0 Å². The van der Waals surface area contributed by atoms with Gasteiger partial charge >= 0.3 is 0 Å². The number of nitrogens with zero attached hydrogens (tertiary/aromatic N) is 1. The van der Waals surface area contributed by atoms with Crippen molar-refractivity contribution in [2.75, 3.05) is 0 Å². The fourth-order valence-corrected chi connectivity index (χ4v) is 1.97. The Hall–Kier alpha value is -0.380. The maximum atomic E-state index is 8.55. The highest BCUT2D eigenvalue weighted by molar-refractivity contribution is 9.08. The zero-order chi connectivity index (χ0) is 8.27. The molecule has 0 aliphatic heterocycles. The first kappa shape index (κ1) is 8.71. The van der Waals surface area contributed by atoms with E-state index in [0.29, 0.717) is 5.56 Å². The Morgan fingerprint density at radius 1 is 1.55 bits per heavy atom. The van der Waals surface area contributed by atoms with Crippen LogP contribution < -0.4 is 5.30 Å². The van der Waals surface area contributed by atoms with Crippen molar-refractivity contribution in [3.63, 3.8) is 0 Å². The second kappa shape index (κ2) is 3.85. The molecule has 1 atom stereocenters. The van der Waals surface area contributed by atoms with Gasteiger partial charge in [-0.25, -0.2) is 0 Å². The van der Waals surface area contributed by atoms with E-state index in [9.17, 15) is 0 Å². The van der Waals surface area contributed by atoms with Gasteiger partial charge in [-0.2, -0.15) is 5.26 Å². The minimum Gasteiger partial charge on any atom is -0.192 e. The molecule has 1 unspecified atom stereocenters. The van der Waals surface area contributed by atoms with Crippen LogP contribution in [0.25, 0.3) is 0 Å². The molecule has 0 radical (unpaired) electrons. The number of nitriles is 1. The maximum absolute atomic E-state index is 8.55. The first-order valence-electron chi connectivity index (χ1n) is 3.12. The van der Waals surface area contributed by atoms with E-state index in [2.05, 4.69) is 31.2 Å². The Morgan fingerprint density at radius 3 is 2.73 bits per heavy atom. The molecule has 1 rings (SSSR count). The summed E-state index contributed by atoms with van der Waals surface area (Å²) in [4.78, 5) is 0.